The Morgan fingerprint density at radius 1 is 1.22 bits per heavy atom. The first-order valence-electron chi connectivity index (χ1n) is 15.3. The van der Waals surface area contributed by atoms with Crippen LogP contribution in [0.4, 0.5) is 4.79 Å². The molecule has 0 radical (unpaired) electrons. The number of ether oxygens (including phenoxy) is 3. The highest BCUT2D eigenvalue weighted by molar-refractivity contribution is 9.10. The number of aromatic nitrogens is 4. The molecule has 12 nitrogen and oxygen atoms in total. The summed E-state index contributed by atoms with van der Waals surface area (Å²) < 4.78 is 19.4. The maximum Gasteiger partial charge on any atom is 0.410 e. The number of H-pyrrole nitrogens is 1. The fraction of sp³-hybridized carbons (Fsp3) is 0.581. The van der Waals surface area contributed by atoms with Gasteiger partial charge in [-0.15, -0.1) is 0 Å². The molecule has 1 aromatic carbocycles. The summed E-state index contributed by atoms with van der Waals surface area (Å²) in [5.74, 6) is 2.05. The SMILES string of the molecule is CC(C)C[C@@H](C(=O)N1CCC(CCn2cnc(=N)c3[nH]c(Sc4cc5c(cc4Br)OCO5)nc32)CC1)N(C)C(=O)OC(C)(C)C. The van der Waals surface area contributed by atoms with Crippen molar-refractivity contribution in [2.75, 3.05) is 26.9 Å². The molecular weight excluding hydrogens is 662 g/mol. The van der Waals surface area contributed by atoms with Crippen LogP contribution in [0.2, 0.25) is 0 Å². The average Bonchev–Trinajstić information content (AvgIpc) is 3.61. The maximum absolute atomic E-state index is 13.6. The highest BCUT2D eigenvalue weighted by Crippen LogP contribution is 2.42. The molecule has 2 aliphatic rings. The molecule has 0 bridgehead atoms. The van der Waals surface area contributed by atoms with Crippen LogP contribution in [0.1, 0.15) is 60.3 Å². The Balaban J connectivity index is 1.20. The highest BCUT2D eigenvalue weighted by Gasteiger charge is 2.35. The van der Waals surface area contributed by atoms with Crippen LogP contribution in [0.25, 0.3) is 11.2 Å². The molecule has 2 aromatic heterocycles. The molecule has 1 saturated heterocycles. The van der Waals surface area contributed by atoms with Crippen molar-refractivity contribution in [1.29, 1.82) is 5.41 Å². The molecule has 0 saturated carbocycles. The molecule has 45 heavy (non-hydrogen) atoms. The smallest absolute Gasteiger partial charge is 0.410 e. The largest absolute Gasteiger partial charge is 0.454 e. The molecule has 14 heteroatoms. The second-order valence-corrected chi connectivity index (χ2v) is 14.9. The number of benzene rings is 1. The van der Waals surface area contributed by atoms with Crippen molar-refractivity contribution < 1.29 is 23.8 Å². The molecule has 0 aliphatic carbocycles. The summed E-state index contributed by atoms with van der Waals surface area (Å²) in [5.41, 5.74) is 0.784. The summed E-state index contributed by atoms with van der Waals surface area (Å²) in [7, 11) is 1.66. The van der Waals surface area contributed by atoms with E-state index >= 15 is 0 Å². The summed E-state index contributed by atoms with van der Waals surface area (Å²) in [6.45, 7) is 11.8. The Labute approximate surface area is 275 Å². The van der Waals surface area contributed by atoms with E-state index < -0.39 is 17.7 Å². The van der Waals surface area contributed by atoms with E-state index in [1.807, 2.05) is 42.4 Å². The maximum atomic E-state index is 13.6. The van der Waals surface area contributed by atoms with Crippen molar-refractivity contribution in [3.63, 3.8) is 0 Å². The third-order valence-electron chi connectivity index (χ3n) is 7.96. The van der Waals surface area contributed by atoms with Gasteiger partial charge in [-0.3, -0.25) is 15.1 Å². The summed E-state index contributed by atoms with van der Waals surface area (Å²) >= 11 is 5.04. The first-order chi connectivity index (χ1) is 21.3. The zero-order valence-corrected chi connectivity index (χ0v) is 29.1. The molecule has 2 N–H and O–H groups in total. The first kappa shape index (κ1) is 33.1. The van der Waals surface area contributed by atoms with Crippen LogP contribution >= 0.6 is 27.7 Å². The van der Waals surface area contributed by atoms with Gasteiger partial charge in [0.25, 0.3) is 0 Å². The lowest BCUT2D eigenvalue weighted by Crippen LogP contribution is -2.52. The van der Waals surface area contributed by atoms with Gasteiger partial charge in [0.1, 0.15) is 17.2 Å². The van der Waals surface area contributed by atoms with Crippen molar-refractivity contribution in [2.24, 2.45) is 11.8 Å². The number of carbonyl (C=O) groups excluding carboxylic acids is 2. The summed E-state index contributed by atoms with van der Waals surface area (Å²) in [6.07, 6.45) is 4.44. The Morgan fingerprint density at radius 2 is 1.91 bits per heavy atom. The molecule has 0 spiro atoms. The molecule has 2 amide bonds. The number of imidazole rings is 1. The molecule has 1 fully saturated rings. The number of fused-ring (bicyclic) bond motifs is 2. The topological polar surface area (TPSA) is 139 Å². The molecule has 0 unspecified atom stereocenters. The second kappa shape index (κ2) is 13.6. The minimum Gasteiger partial charge on any atom is -0.454 e. The van der Waals surface area contributed by atoms with Gasteiger partial charge in [-0.05, 0) is 86.4 Å². The number of nitrogens with zero attached hydrogens (tertiary/aromatic N) is 5. The first-order valence-corrected chi connectivity index (χ1v) is 16.9. The third kappa shape index (κ3) is 7.94. The van der Waals surface area contributed by atoms with E-state index in [0.717, 1.165) is 28.6 Å². The minimum atomic E-state index is -0.629. The van der Waals surface area contributed by atoms with Gasteiger partial charge in [-0.2, -0.15) is 0 Å². The molecule has 3 aromatic rings. The van der Waals surface area contributed by atoms with Crippen LogP contribution in [-0.2, 0) is 16.1 Å². The van der Waals surface area contributed by atoms with Crippen LogP contribution in [0.3, 0.4) is 0 Å². The van der Waals surface area contributed by atoms with Crippen LogP contribution < -0.4 is 15.0 Å². The lowest BCUT2D eigenvalue weighted by Gasteiger charge is -2.37. The Kier molecular flexibility index (Phi) is 10.0. The summed E-state index contributed by atoms with van der Waals surface area (Å²) in [4.78, 5) is 43.1. The second-order valence-electron chi connectivity index (χ2n) is 13.1. The summed E-state index contributed by atoms with van der Waals surface area (Å²) in [5, 5.41) is 8.99. The number of rotatable bonds is 9. The average molecular weight is 705 g/mol. The molecule has 4 heterocycles. The lowest BCUT2D eigenvalue weighted by molar-refractivity contribution is -0.138. The number of hydrogen-bond donors (Lipinski definition) is 2. The number of amides is 2. The minimum absolute atomic E-state index is 0.0162. The Hall–Kier alpha value is -3.26. The number of aryl methyl sites for hydroxylation is 1. The van der Waals surface area contributed by atoms with Crippen molar-refractivity contribution in [3.05, 3.63) is 28.4 Å². The molecular formula is C31H42BrN7O5S. The van der Waals surface area contributed by atoms with E-state index in [4.69, 9.17) is 24.6 Å². The number of piperidine rings is 1. The third-order valence-corrected chi connectivity index (χ3v) is 9.83. The molecule has 2 aliphatic heterocycles. The fourth-order valence-electron chi connectivity index (χ4n) is 5.56. The van der Waals surface area contributed by atoms with E-state index in [0.29, 0.717) is 59.8 Å². The van der Waals surface area contributed by atoms with Crippen molar-refractivity contribution in [2.45, 2.75) is 88.5 Å². The number of likely N-dealkylation sites (tertiary alicyclic amines) is 1. The monoisotopic (exact) mass is 703 g/mol. The van der Waals surface area contributed by atoms with Crippen molar-refractivity contribution >= 4 is 50.9 Å². The standard InChI is InChI=1S/C31H42BrN7O5S/c1-18(2)13-21(37(6)30(41)44-31(3,4)5)28(40)38-10-7-19(8-11-38)9-12-39-16-34-26(33)25-27(39)36-29(35-25)45-24-15-23-22(14-20(24)32)42-17-43-23/h14-16,18-19,21,33H,7-13,17H2,1-6H3,(H,35,36)/t21-/m0/s1. The van der Waals surface area contributed by atoms with Gasteiger partial charge in [0.05, 0.1) is 6.33 Å². The van der Waals surface area contributed by atoms with Gasteiger partial charge in [-0.1, -0.05) is 25.6 Å². The quantitative estimate of drug-likeness (QED) is 0.286. The summed E-state index contributed by atoms with van der Waals surface area (Å²) in [6, 6.07) is 3.24. The predicted molar refractivity (Wildman–Crippen MR) is 173 cm³/mol. The highest BCUT2D eigenvalue weighted by atomic mass is 79.9. The van der Waals surface area contributed by atoms with Crippen LogP contribution in [0.5, 0.6) is 11.5 Å². The van der Waals surface area contributed by atoms with Gasteiger partial charge in [0, 0.05) is 36.1 Å². The predicted octanol–water partition coefficient (Wildman–Crippen LogP) is 5.79. The number of carbonyl (C=O) groups is 2. The zero-order valence-electron chi connectivity index (χ0n) is 26.7. The number of hydrogen-bond acceptors (Lipinski definition) is 9. The van der Waals surface area contributed by atoms with E-state index in [-0.39, 0.29) is 24.1 Å². The van der Waals surface area contributed by atoms with E-state index in [1.165, 1.54) is 16.7 Å². The van der Waals surface area contributed by atoms with E-state index in [2.05, 4.69) is 39.7 Å². The van der Waals surface area contributed by atoms with Gasteiger partial charge in [0.15, 0.2) is 27.8 Å². The zero-order chi connectivity index (χ0) is 32.5. The van der Waals surface area contributed by atoms with E-state index in [1.54, 1.807) is 13.4 Å². The van der Waals surface area contributed by atoms with Crippen LogP contribution in [-0.4, -0.2) is 79.9 Å². The van der Waals surface area contributed by atoms with Gasteiger partial charge in [-0.25, -0.2) is 14.8 Å². The lowest BCUT2D eigenvalue weighted by atomic mass is 9.92. The number of halogens is 1. The van der Waals surface area contributed by atoms with Gasteiger partial charge in [0.2, 0.25) is 12.7 Å². The van der Waals surface area contributed by atoms with Gasteiger partial charge < -0.3 is 28.7 Å². The normalized spacial score (nSPS) is 16.0. The fourth-order valence-corrected chi connectivity index (χ4v) is 6.94. The number of likely N-dealkylation sites (N-methyl/N-ethyl adjacent to an activating group) is 1. The van der Waals surface area contributed by atoms with Gasteiger partial charge >= 0.3 is 6.09 Å². The van der Waals surface area contributed by atoms with E-state index in [9.17, 15) is 9.59 Å². The number of nitrogens with one attached hydrogen (secondary N) is 2. The van der Waals surface area contributed by atoms with Crippen molar-refractivity contribution in [3.8, 4) is 11.5 Å². The molecule has 244 valence electrons. The van der Waals surface area contributed by atoms with Crippen LogP contribution in [0, 0.1) is 17.2 Å². The Bertz CT molecular complexity index is 1610. The molecule has 1 atom stereocenters. The Morgan fingerprint density at radius 3 is 2.58 bits per heavy atom. The van der Waals surface area contributed by atoms with Crippen molar-refractivity contribution in [1.82, 2.24) is 29.3 Å². The molecule has 5 rings (SSSR count). The number of aromatic amines is 1. The van der Waals surface area contributed by atoms with Crippen LogP contribution in [0.15, 0.2) is 33.0 Å².